The van der Waals surface area contributed by atoms with Crippen LogP contribution in [0.25, 0.3) is 22.5 Å². The van der Waals surface area contributed by atoms with Crippen molar-refractivity contribution in [2.45, 2.75) is 51.6 Å². The number of aromatic amines is 1. The topological polar surface area (TPSA) is 96.3 Å². The zero-order chi connectivity index (χ0) is 29.7. The summed E-state index contributed by atoms with van der Waals surface area (Å²) >= 11 is 0. The van der Waals surface area contributed by atoms with Gasteiger partial charge in [0, 0.05) is 12.1 Å². The van der Waals surface area contributed by atoms with Crippen LogP contribution in [0, 0.1) is 11.3 Å². The number of H-pyrrole nitrogens is 1. The van der Waals surface area contributed by atoms with Crippen LogP contribution in [0.4, 0.5) is 18.9 Å². The number of alkyl halides is 3. The highest BCUT2D eigenvalue weighted by molar-refractivity contribution is 7.92. The summed E-state index contributed by atoms with van der Waals surface area (Å²) in [6, 6.07) is 15.0. The Morgan fingerprint density at radius 2 is 1.71 bits per heavy atom. The summed E-state index contributed by atoms with van der Waals surface area (Å²) in [7, 11) is -4.01. The molecule has 3 aromatic carbocycles. The summed E-state index contributed by atoms with van der Waals surface area (Å²) in [5.41, 5.74) is 2.81. The average molecular weight is 586 g/mol. The first-order chi connectivity index (χ1) is 19.1. The van der Waals surface area contributed by atoms with E-state index >= 15 is 0 Å². The predicted molar refractivity (Wildman–Crippen MR) is 150 cm³/mol. The van der Waals surface area contributed by atoms with Gasteiger partial charge >= 0.3 is 11.9 Å². The SMILES string of the molecule is CC(C)Cc1cc(S(=O)(=O)N2CC(C)(C)Cc3cc(-c4ccc(C(F)(F)F)cc4)ccc32)ccc1-c1noc(=O)[nH]1. The molecule has 2 heterocycles. The minimum absolute atomic E-state index is 0.109. The van der Waals surface area contributed by atoms with Gasteiger partial charge in [-0.05, 0) is 88.9 Å². The van der Waals surface area contributed by atoms with Crippen LogP contribution in [0.2, 0.25) is 0 Å². The van der Waals surface area contributed by atoms with Crippen LogP contribution in [0.1, 0.15) is 44.4 Å². The smallest absolute Gasteiger partial charge is 0.296 e. The predicted octanol–water partition coefficient (Wildman–Crippen LogP) is 6.69. The molecule has 1 N–H and O–H groups in total. The second-order valence-corrected chi connectivity index (χ2v) is 13.5. The molecule has 0 spiro atoms. The average Bonchev–Trinajstić information content (AvgIpc) is 3.32. The van der Waals surface area contributed by atoms with Gasteiger partial charge in [-0.15, -0.1) is 0 Å². The number of hydrogen-bond acceptors (Lipinski definition) is 5. The van der Waals surface area contributed by atoms with Crippen molar-refractivity contribution in [3.8, 4) is 22.5 Å². The van der Waals surface area contributed by atoms with E-state index in [1.54, 1.807) is 24.3 Å². The van der Waals surface area contributed by atoms with Crippen molar-refractivity contribution in [3.05, 3.63) is 87.9 Å². The number of hydrogen-bond donors (Lipinski definition) is 1. The lowest BCUT2D eigenvalue weighted by Gasteiger charge is -2.40. The van der Waals surface area contributed by atoms with Crippen molar-refractivity contribution < 1.29 is 26.1 Å². The maximum absolute atomic E-state index is 14.1. The fraction of sp³-hybridized carbons (Fsp3) is 0.333. The number of aromatic nitrogens is 2. The molecule has 0 amide bonds. The third-order valence-electron chi connectivity index (χ3n) is 7.12. The Kier molecular flexibility index (Phi) is 7.13. The molecule has 0 atom stereocenters. The fourth-order valence-corrected chi connectivity index (χ4v) is 7.05. The first-order valence-corrected chi connectivity index (χ1v) is 14.6. The van der Waals surface area contributed by atoms with E-state index in [0.717, 1.165) is 17.7 Å². The van der Waals surface area contributed by atoms with Crippen molar-refractivity contribution in [1.29, 1.82) is 0 Å². The Balaban J connectivity index is 1.55. The Hall–Kier alpha value is -3.86. The van der Waals surface area contributed by atoms with E-state index in [4.69, 9.17) is 0 Å². The number of halogens is 3. The summed E-state index contributed by atoms with van der Waals surface area (Å²) in [5.74, 6) is -0.270. The van der Waals surface area contributed by atoms with Gasteiger partial charge in [-0.1, -0.05) is 51.1 Å². The second kappa shape index (κ2) is 10.2. The molecule has 0 saturated heterocycles. The van der Waals surface area contributed by atoms with Gasteiger partial charge < -0.3 is 0 Å². The van der Waals surface area contributed by atoms with E-state index in [1.807, 2.05) is 33.8 Å². The van der Waals surface area contributed by atoms with Crippen molar-refractivity contribution in [3.63, 3.8) is 0 Å². The van der Waals surface area contributed by atoms with Crippen LogP contribution in [0.3, 0.4) is 0 Å². The van der Waals surface area contributed by atoms with E-state index in [2.05, 4.69) is 14.7 Å². The number of benzene rings is 3. The molecule has 4 aromatic rings. The minimum Gasteiger partial charge on any atom is -0.296 e. The number of sulfonamides is 1. The highest BCUT2D eigenvalue weighted by Gasteiger charge is 2.38. The largest absolute Gasteiger partial charge is 0.439 e. The lowest BCUT2D eigenvalue weighted by molar-refractivity contribution is -0.137. The molecule has 1 aliphatic rings. The number of rotatable bonds is 6. The zero-order valence-corrected chi connectivity index (χ0v) is 23.9. The quantitative estimate of drug-likeness (QED) is 0.272. The van der Waals surface area contributed by atoms with Crippen LogP contribution in [-0.2, 0) is 29.0 Å². The van der Waals surface area contributed by atoms with Gasteiger partial charge in [-0.25, -0.2) is 13.2 Å². The summed E-state index contributed by atoms with van der Waals surface area (Å²) in [6.45, 7) is 8.23. The van der Waals surface area contributed by atoms with Gasteiger partial charge in [0.15, 0.2) is 5.82 Å². The molecular weight excluding hydrogens is 555 g/mol. The van der Waals surface area contributed by atoms with Crippen LogP contribution in [0.15, 0.2) is 74.9 Å². The minimum atomic E-state index is -4.42. The maximum atomic E-state index is 14.1. The Morgan fingerprint density at radius 1 is 1.02 bits per heavy atom. The normalized spacial score (nSPS) is 15.3. The molecule has 1 aromatic heterocycles. The molecule has 0 saturated carbocycles. The molecule has 0 aliphatic carbocycles. The molecule has 0 unspecified atom stereocenters. The second-order valence-electron chi connectivity index (χ2n) is 11.6. The Morgan fingerprint density at radius 3 is 2.32 bits per heavy atom. The standard InChI is InChI=1S/C30H30F3N3O4S/c1-18(2)13-21-15-24(10-11-25(21)27-34-28(37)40-35-27)41(38,39)36-17-29(3,4)16-22-14-20(7-12-26(22)36)19-5-8-23(9-6-19)30(31,32)33/h5-12,14-15,18H,13,16-17H2,1-4H3,(H,34,35,37). The highest BCUT2D eigenvalue weighted by Crippen LogP contribution is 2.42. The van der Waals surface area contributed by atoms with Gasteiger partial charge in [0.25, 0.3) is 10.0 Å². The first-order valence-electron chi connectivity index (χ1n) is 13.2. The van der Waals surface area contributed by atoms with Gasteiger partial charge in [0.2, 0.25) is 0 Å². The highest BCUT2D eigenvalue weighted by atomic mass is 32.2. The van der Waals surface area contributed by atoms with Crippen LogP contribution in [-0.4, -0.2) is 25.1 Å². The van der Waals surface area contributed by atoms with Crippen molar-refractivity contribution in [2.24, 2.45) is 11.3 Å². The number of nitrogens with one attached hydrogen (secondary N) is 1. The van der Waals surface area contributed by atoms with Crippen LogP contribution < -0.4 is 10.1 Å². The lowest BCUT2D eigenvalue weighted by atomic mass is 9.81. The Labute approximate surface area is 236 Å². The van der Waals surface area contributed by atoms with Crippen molar-refractivity contribution in [1.82, 2.24) is 10.1 Å². The van der Waals surface area contributed by atoms with E-state index in [9.17, 15) is 26.4 Å². The molecule has 7 nitrogen and oxygen atoms in total. The monoisotopic (exact) mass is 585 g/mol. The molecule has 11 heteroatoms. The van der Waals surface area contributed by atoms with Gasteiger partial charge in [0.05, 0.1) is 16.1 Å². The molecule has 5 rings (SSSR count). The summed E-state index contributed by atoms with van der Waals surface area (Å²) in [5, 5.41) is 3.78. The lowest BCUT2D eigenvalue weighted by Crippen LogP contribution is -2.44. The molecule has 41 heavy (non-hydrogen) atoms. The van der Waals surface area contributed by atoms with Crippen molar-refractivity contribution >= 4 is 15.7 Å². The van der Waals surface area contributed by atoms with E-state index < -0.39 is 32.9 Å². The molecule has 0 radical (unpaired) electrons. The zero-order valence-electron chi connectivity index (χ0n) is 23.0. The van der Waals surface area contributed by atoms with E-state index in [1.165, 1.54) is 22.5 Å². The maximum Gasteiger partial charge on any atom is 0.439 e. The van der Waals surface area contributed by atoms with Crippen LogP contribution in [0.5, 0.6) is 0 Å². The third-order valence-corrected chi connectivity index (χ3v) is 8.88. The number of fused-ring (bicyclic) bond motifs is 1. The molecular formula is C30H30F3N3O4S. The summed E-state index contributed by atoms with van der Waals surface area (Å²) in [4.78, 5) is 14.2. The fourth-order valence-electron chi connectivity index (χ4n) is 5.30. The molecule has 216 valence electrons. The third kappa shape index (κ3) is 5.81. The molecule has 1 aliphatic heterocycles. The van der Waals surface area contributed by atoms with Gasteiger partial charge in [-0.2, -0.15) is 13.2 Å². The van der Waals surface area contributed by atoms with Crippen molar-refractivity contribution in [2.75, 3.05) is 10.8 Å². The summed E-state index contributed by atoms with van der Waals surface area (Å²) in [6.07, 6.45) is -3.28. The van der Waals surface area contributed by atoms with E-state index in [-0.39, 0.29) is 23.2 Å². The number of anilines is 1. The summed E-state index contributed by atoms with van der Waals surface area (Å²) < 4.78 is 73.5. The van der Waals surface area contributed by atoms with Crippen LogP contribution >= 0.6 is 0 Å². The number of nitrogens with zero attached hydrogens (tertiary/aromatic N) is 2. The Bertz CT molecular complexity index is 1750. The molecule has 0 bridgehead atoms. The van der Waals surface area contributed by atoms with E-state index in [0.29, 0.717) is 40.8 Å². The van der Waals surface area contributed by atoms with Gasteiger partial charge in [0.1, 0.15) is 0 Å². The van der Waals surface area contributed by atoms with Gasteiger partial charge in [-0.3, -0.25) is 13.8 Å². The first kappa shape index (κ1) is 28.7. The molecule has 0 fully saturated rings.